The smallest absolute Gasteiger partial charge is 0.0783 e. The molecule has 2 saturated heterocycles. The van der Waals surface area contributed by atoms with Crippen LogP contribution in [0.2, 0.25) is 0 Å². The topological polar surface area (TPSA) is 21.3 Å². The van der Waals surface area contributed by atoms with E-state index < -0.39 is 0 Å². The summed E-state index contributed by atoms with van der Waals surface area (Å²) in [5.74, 6) is 3.15. The molecule has 0 amide bonds. The lowest BCUT2D eigenvalue weighted by Crippen LogP contribution is -2.43. The molecule has 3 atom stereocenters. The molecule has 0 aromatic carbocycles. The van der Waals surface area contributed by atoms with E-state index in [1.165, 1.54) is 39.4 Å². The number of thioether (sulfide) groups is 1. The predicted octanol–water partition coefficient (Wildman–Crippen LogP) is 4.07. The Kier molecular flexibility index (Phi) is 4.59. The van der Waals surface area contributed by atoms with Crippen LogP contribution in [-0.2, 0) is 4.74 Å². The quantitative estimate of drug-likeness (QED) is 0.876. The minimum Gasteiger partial charge on any atom is -0.374 e. The molecular formula is C14H20BrNOS2. The first-order valence-corrected chi connectivity index (χ1v) is 9.63. The Morgan fingerprint density at radius 2 is 2.42 bits per heavy atom. The highest BCUT2D eigenvalue weighted by atomic mass is 79.9. The summed E-state index contributed by atoms with van der Waals surface area (Å²) in [4.78, 5) is 1.45. The van der Waals surface area contributed by atoms with Crippen molar-refractivity contribution in [1.29, 1.82) is 0 Å². The monoisotopic (exact) mass is 361 g/mol. The van der Waals surface area contributed by atoms with Gasteiger partial charge in [-0.25, -0.2) is 0 Å². The van der Waals surface area contributed by atoms with Crippen molar-refractivity contribution >= 4 is 39.0 Å². The molecular weight excluding hydrogens is 342 g/mol. The highest BCUT2D eigenvalue weighted by Gasteiger charge is 2.42. The third-order valence-corrected chi connectivity index (χ3v) is 7.21. The first kappa shape index (κ1) is 14.4. The molecule has 2 nitrogen and oxygen atoms in total. The summed E-state index contributed by atoms with van der Waals surface area (Å²) in [6.07, 6.45) is 3.62. The molecule has 1 aromatic heterocycles. The Bertz CT molecular complexity index is 431. The van der Waals surface area contributed by atoms with Crippen LogP contribution in [0.5, 0.6) is 0 Å². The fourth-order valence-electron chi connectivity index (χ4n) is 3.32. The molecule has 5 heteroatoms. The van der Waals surface area contributed by atoms with Crippen molar-refractivity contribution < 1.29 is 4.74 Å². The van der Waals surface area contributed by atoms with Crippen molar-refractivity contribution in [3.05, 3.63) is 20.8 Å². The van der Waals surface area contributed by atoms with Gasteiger partial charge in [-0.15, -0.1) is 11.3 Å². The maximum absolute atomic E-state index is 6.14. The zero-order chi connectivity index (χ0) is 13.3. The van der Waals surface area contributed by atoms with E-state index in [1.807, 2.05) is 11.3 Å². The molecule has 2 fully saturated rings. The predicted molar refractivity (Wildman–Crippen MR) is 87.2 cm³/mol. The number of nitrogens with one attached hydrogen (secondary N) is 1. The second-order valence-electron chi connectivity index (χ2n) is 5.50. The number of hydrogen-bond donors (Lipinski definition) is 1. The van der Waals surface area contributed by atoms with Gasteiger partial charge in [-0.3, -0.25) is 0 Å². The van der Waals surface area contributed by atoms with Gasteiger partial charge < -0.3 is 10.1 Å². The Morgan fingerprint density at radius 1 is 1.53 bits per heavy atom. The number of halogens is 1. The van der Waals surface area contributed by atoms with Gasteiger partial charge in [0.1, 0.15) is 0 Å². The summed E-state index contributed by atoms with van der Waals surface area (Å²) in [7, 11) is 2.09. The van der Waals surface area contributed by atoms with E-state index in [-0.39, 0.29) is 5.60 Å². The van der Waals surface area contributed by atoms with Crippen LogP contribution in [0.4, 0.5) is 0 Å². The lowest BCUT2D eigenvalue weighted by Gasteiger charge is -2.40. The summed E-state index contributed by atoms with van der Waals surface area (Å²) in [6, 6.07) is 4.88. The van der Waals surface area contributed by atoms with E-state index in [1.54, 1.807) is 0 Å². The normalized spacial score (nSPS) is 32.8. The fraction of sp³-hybridized carbons (Fsp3) is 0.714. The first-order valence-electron chi connectivity index (χ1n) is 6.87. The molecule has 0 aliphatic carbocycles. The highest BCUT2D eigenvalue weighted by molar-refractivity contribution is 9.11. The summed E-state index contributed by atoms with van der Waals surface area (Å²) < 4.78 is 7.36. The Hall–Kier alpha value is 0.450. The average molecular weight is 362 g/mol. The van der Waals surface area contributed by atoms with E-state index in [9.17, 15) is 0 Å². The molecule has 0 radical (unpaired) electrons. The molecule has 2 aliphatic rings. The number of thiophene rings is 1. The van der Waals surface area contributed by atoms with Crippen molar-refractivity contribution in [3.63, 3.8) is 0 Å². The van der Waals surface area contributed by atoms with Gasteiger partial charge in [-0.05, 0) is 66.0 Å². The zero-order valence-corrected chi connectivity index (χ0v) is 14.4. The van der Waals surface area contributed by atoms with Gasteiger partial charge in [0.25, 0.3) is 0 Å². The third kappa shape index (κ3) is 3.05. The lowest BCUT2D eigenvalue weighted by atomic mass is 9.81. The van der Waals surface area contributed by atoms with Crippen LogP contribution >= 0.6 is 39.0 Å². The molecule has 106 valence electrons. The minimum absolute atomic E-state index is 0.178. The molecule has 3 rings (SSSR count). The largest absolute Gasteiger partial charge is 0.374 e. The molecule has 1 spiro atoms. The van der Waals surface area contributed by atoms with Gasteiger partial charge >= 0.3 is 0 Å². The maximum Gasteiger partial charge on any atom is 0.0783 e. The highest BCUT2D eigenvalue weighted by Crippen LogP contribution is 2.45. The van der Waals surface area contributed by atoms with Crippen molar-refractivity contribution in [2.75, 3.05) is 25.2 Å². The second-order valence-corrected chi connectivity index (χ2v) is 9.09. The maximum atomic E-state index is 6.14. The van der Waals surface area contributed by atoms with Gasteiger partial charge in [-0.2, -0.15) is 11.8 Å². The van der Waals surface area contributed by atoms with Gasteiger partial charge in [0.05, 0.1) is 9.39 Å². The Morgan fingerprint density at radius 3 is 3.05 bits per heavy atom. The van der Waals surface area contributed by atoms with Gasteiger partial charge in [0.2, 0.25) is 0 Å². The SMILES string of the molecule is CNC(c1ccc(Br)s1)C1CCOC2(CCSC2)C1. The van der Waals surface area contributed by atoms with Crippen molar-refractivity contribution in [2.45, 2.75) is 30.9 Å². The second kappa shape index (κ2) is 6.06. The third-order valence-electron chi connectivity index (χ3n) is 4.28. The van der Waals surface area contributed by atoms with Crippen molar-refractivity contribution in [2.24, 2.45) is 5.92 Å². The lowest BCUT2D eigenvalue weighted by molar-refractivity contribution is -0.0848. The van der Waals surface area contributed by atoms with E-state index in [2.05, 4.69) is 52.2 Å². The van der Waals surface area contributed by atoms with Crippen LogP contribution < -0.4 is 5.32 Å². The number of ether oxygens (including phenoxy) is 1. The molecule has 1 aromatic rings. The molecule has 0 bridgehead atoms. The van der Waals surface area contributed by atoms with Crippen LogP contribution in [0, 0.1) is 5.92 Å². The Balaban J connectivity index is 1.76. The first-order chi connectivity index (χ1) is 9.22. The molecule has 2 aliphatic heterocycles. The molecule has 19 heavy (non-hydrogen) atoms. The summed E-state index contributed by atoms with van der Waals surface area (Å²) in [5, 5.41) is 3.53. The summed E-state index contributed by atoms with van der Waals surface area (Å²) in [6.45, 7) is 0.927. The average Bonchev–Trinajstić information content (AvgIpc) is 3.01. The Labute approximate surface area is 131 Å². The summed E-state index contributed by atoms with van der Waals surface area (Å²) in [5.41, 5.74) is 0.178. The van der Waals surface area contributed by atoms with Crippen LogP contribution in [-0.4, -0.2) is 30.8 Å². The standard InChI is InChI=1S/C14H20BrNOS2/c1-16-13(11-2-3-12(15)19-11)10-4-6-17-14(8-10)5-7-18-9-14/h2-3,10,13,16H,4-9H2,1H3. The summed E-state index contributed by atoms with van der Waals surface area (Å²) >= 11 is 7.48. The van der Waals surface area contributed by atoms with Gasteiger partial charge in [-0.1, -0.05) is 0 Å². The molecule has 1 N–H and O–H groups in total. The zero-order valence-electron chi connectivity index (χ0n) is 11.2. The molecule has 3 unspecified atom stereocenters. The van der Waals surface area contributed by atoms with Crippen LogP contribution in [0.1, 0.15) is 30.2 Å². The van der Waals surface area contributed by atoms with Gasteiger partial charge in [0, 0.05) is 23.3 Å². The van der Waals surface area contributed by atoms with E-state index in [4.69, 9.17) is 4.74 Å². The van der Waals surface area contributed by atoms with E-state index in [0.29, 0.717) is 12.0 Å². The number of rotatable bonds is 3. The molecule has 0 saturated carbocycles. The van der Waals surface area contributed by atoms with Crippen LogP contribution in [0.3, 0.4) is 0 Å². The van der Waals surface area contributed by atoms with Crippen LogP contribution in [0.15, 0.2) is 15.9 Å². The minimum atomic E-state index is 0.178. The van der Waals surface area contributed by atoms with E-state index >= 15 is 0 Å². The molecule has 3 heterocycles. The van der Waals surface area contributed by atoms with E-state index in [0.717, 1.165) is 6.61 Å². The van der Waals surface area contributed by atoms with Crippen molar-refractivity contribution in [1.82, 2.24) is 5.32 Å². The van der Waals surface area contributed by atoms with Crippen molar-refractivity contribution in [3.8, 4) is 0 Å². The fourth-order valence-corrected chi connectivity index (χ4v) is 6.32. The van der Waals surface area contributed by atoms with Gasteiger partial charge in [0.15, 0.2) is 0 Å². The van der Waals surface area contributed by atoms with Crippen LogP contribution in [0.25, 0.3) is 0 Å². The number of hydrogen-bond acceptors (Lipinski definition) is 4.